The van der Waals surface area contributed by atoms with Gasteiger partial charge in [0, 0.05) is 11.8 Å². The highest BCUT2D eigenvalue weighted by atomic mass is 35.5. The quantitative estimate of drug-likeness (QED) is 0.589. The van der Waals surface area contributed by atoms with Crippen molar-refractivity contribution in [2.24, 2.45) is 0 Å². The highest BCUT2D eigenvalue weighted by Crippen LogP contribution is 2.26. The molecule has 0 amide bonds. The predicted octanol–water partition coefficient (Wildman–Crippen LogP) is 2.23. The maximum atomic E-state index is 11.5. The molecule has 0 radical (unpaired) electrons. The van der Waals surface area contributed by atoms with Crippen LogP contribution in [0.25, 0.3) is 0 Å². The zero-order valence-electron chi connectivity index (χ0n) is 8.83. The topological polar surface area (TPSA) is 48.4 Å². The second-order valence-corrected chi connectivity index (χ2v) is 3.21. The molecule has 82 valence electrons. The Kier molecular flexibility index (Phi) is 3.91. The van der Waals surface area contributed by atoms with Gasteiger partial charge in [-0.25, -0.2) is 9.78 Å². The first kappa shape index (κ1) is 11.8. The van der Waals surface area contributed by atoms with E-state index in [1.54, 1.807) is 19.9 Å². The second kappa shape index (κ2) is 4.98. The Morgan fingerprint density at radius 3 is 2.80 bits per heavy atom. The Morgan fingerprint density at radius 2 is 2.27 bits per heavy atom. The Morgan fingerprint density at radius 1 is 1.60 bits per heavy atom. The van der Waals surface area contributed by atoms with Gasteiger partial charge in [0.05, 0.1) is 13.7 Å². The number of hydrogen-bond donors (Lipinski definition) is 0. The summed E-state index contributed by atoms with van der Waals surface area (Å²) in [6, 6.07) is 1.64. The van der Waals surface area contributed by atoms with Crippen molar-refractivity contribution in [2.75, 3.05) is 13.7 Å². The van der Waals surface area contributed by atoms with E-state index < -0.39 is 5.97 Å². The van der Waals surface area contributed by atoms with E-state index in [2.05, 4.69) is 4.98 Å². The molecule has 0 aromatic carbocycles. The van der Waals surface area contributed by atoms with E-state index in [4.69, 9.17) is 21.1 Å². The smallest absolute Gasteiger partial charge is 0.345 e. The lowest BCUT2D eigenvalue weighted by atomic mass is 10.2. The summed E-state index contributed by atoms with van der Waals surface area (Å²) < 4.78 is 9.90. The normalized spacial score (nSPS) is 9.87. The fourth-order valence-electron chi connectivity index (χ4n) is 1.16. The molecule has 0 fully saturated rings. The second-order valence-electron chi connectivity index (χ2n) is 2.85. The van der Waals surface area contributed by atoms with E-state index in [1.165, 1.54) is 7.11 Å². The van der Waals surface area contributed by atoms with E-state index in [0.717, 1.165) is 0 Å². The number of rotatable bonds is 3. The van der Waals surface area contributed by atoms with Gasteiger partial charge in [-0.05, 0) is 13.8 Å². The van der Waals surface area contributed by atoms with Crippen LogP contribution < -0.4 is 4.74 Å². The lowest BCUT2D eigenvalue weighted by Gasteiger charge is -2.09. The maximum Gasteiger partial charge on any atom is 0.345 e. The summed E-state index contributed by atoms with van der Waals surface area (Å²) >= 11 is 5.85. The first-order valence-corrected chi connectivity index (χ1v) is 4.86. The number of esters is 1. The summed E-state index contributed by atoms with van der Waals surface area (Å²) in [5, 5.41) is 0.102. The van der Waals surface area contributed by atoms with E-state index >= 15 is 0 Å². The Bertz CT molecular complexity index is 379. The van der Waals surface area contributed by atoms with Crippen LogP contribution in [0.1, 0.15) is 23.0 Å². The van der Waals surface area contributed by atoms with Gasteiger partial charge in [-0.1, -0.05) is 11.6 Å². The number of aryl methyl sites for hydroxylation is 1. The van der Waals surface area contributed by atoms with Crippen LogP contribution >= 0.6 is 11.6 Å². The molecule has 0 N–H and O–H groups in total. The molecule has 4 nitrogen and oxygen atoms in total. The molecular weight excluding hydrogens is 218 g/mol. The molecular formula is C10H12ClNO3. The lowest BCUT2D eigenvalue weighted by Crippen LogP contribution is -2.09. The highest BCUT2D eigenvalue weighted by Gasteiger charge is 2.19. The van der Waals surface area contributed by atoms with Crippen molar-refractivity contribution in [1.29, 1.82) is 0 Å². The van der Waals surface area contributed by atoms with Crippen LogP contribution in [0.5, 0.6) is 5.75 Å². The number of ether oxygens (including phenoxy) is 2. The minimum absolute atomic E-state index is 0.102. The molecule has 0 aliphatic rings. The third kappa shape index (κ3) is 2.59. The van der Waals surface area contributed by atoms with Gasteiger partial charge in [-0.15, -0.1) is 0 Å². The standard InChI is InChI=1S/C10H12ClNO3/c1-4-15-10(13)8-7(14-3)5-6(2)12-9(8)11/h5H,4H2,1-3H3. The molecule has 1 rings (SSSR count). The molecule has 0 atom stereocenters. The summed E-state index contributed by atoms with van der Waals surface area (Å²) in [5.74, 6) is -0.141. The molecule has 5 heteroatoms. The number of methoxy groups -OCH3 is 1. The van der Waals surface area contributed by atoms with Gasteiger partial charge in [0.25, 0.3) is 0 Å². The zero-order chi connectivity index (χ0) is 11.4. The minimum atomic E-state index is -0.521. The molecule has 0 saturated heterocycles. The first-order chi connectivity index (χ1) is 7.10. The number of carbonyl (C=O) groups is 1. The third-order valence-electron chi connectivity index (χ3n) is 1.77. The summed E-state index contributed by atoms with van der Waals surface area (Å²) in [6.07, 6.45) is 0. The summed E-state index contributed by atoms with van der Waals surface area (Å²) in [6.45, 7) is 3.77. The van der Waals surface area contributed by atoms with E-state index in [9.17, 15) is 4.79 Å². The molecule has 0 saturated carbocycles. The van der Waals surface area contributed by atoms with Crippen LogP contribution in [0.3, 0.4) is 0 Å². The van der Waals surface area contributed by atoms with Gasteiger partial charge in [0.1, 0.15) is 16.5 Å². The molecule has 0 aliphatic heterocycles. The highest BCUT2D eigenvalue weighted by molar-refractivity contribution is 6.32. The van der Waals surface area contributed by atoms with E-state index in [0.29, 0.717) is 11.4 Å². The number of halogens is 1. The molecule has 1 aromatic rings. The van der Waals surface area contributed by atoms with Crippen molar-refractivity contribution in [3.05, 3.63) is 22.5 Å². The molecule has 15 heavy (non-hydrogen) atoms. The average molecular weight is 230 g/mol. The molecule has 1 heterocycles. The lowest BCUT2D eigenvalue weighted by molar-refractivity contribution is 0.0522. The van der Waals surface area contributed by atoms with E-state index in [1.807, 2.05) is 0 Å². The summed E-state index contributed by atoms with van der Waals surface area (Å²) in [4.78, 5) is 15.5. The molecule has 0 aliphatic carbocycles. The average Bonchev–Trinajstić information content (AvgIpc) is 2.16. The minimum Gasteiger partial charge on any atom is -0.496 e. The van der Waals surface area contributed by atoms with Crippen molar-refractivity contribution in [3.8, 4) is 5.75 Å². The Balaban J connectivity index is 3.20. The maximum absolute atomic E-state index is 11.5. The van der Waals surface area contributed by atoms with Crippen LogP contribution in [-0.4, -0.2) is 24.7 Å². The van der Waals surface area contributed by atoms with Gasteiger partial charge < -0.3 is 9.47 Å². The molecule has 1 aromatic heterocycles. The number of carbonyl (C=O) groups excluding carboxylic acids is 1. The number of hydrogen-bond acceptors (Lipinski definition) is 4. The number of aromatic nitrogens is 1. The van der Waals surface area contributed by atoms with Crippen LogP contribution in [-0.2, 0) is 4.74 Å². The van der Waals surface area contributed by atoms with Crippen LogP contribution in [0.2, 0.25) is 5.15 Å². The van der Waals surface area contributed by atoms with Crippen molar-refractivity contribution < 1.29 is 14.3 Å². The monoisotopic (exact) mass is 229 g/mol. The summed E-state index contributed by atoms with van der Waals surface area (Å²) in [5.41, 5.74) is 0.858. The van der Waals surface area contributed by atoms with Crippen LogP contribution in [0, 0.1) is 6.92 Å². The summed E-state index contributed by atoms with van der Waals surface area (Å²) in [7, 11) is 1.47. The zero-order valence-corrected chi connectivity index (χ0v) is 9.59. The fraction of sp³-hybridized carbons (Fsp3) is 0.400. The first-order valence-electron chi connectivity index (χ1n) is 4.48. The molecule has 0 spiro atoms. The van der Waals surface area contributed by atoms with Crippen molar-refractivity contribution in [2.45, 2.75) is 13.8 Å². The predicted molar refractivity (Wildman–Crippen MR) is 56.5 cm³/mol. The number of pyridine rings is 1. The molecule has 0 bridgehead atoms. The van der Waals surface area contributed by atoms with Gasteiger partial charge in [-0.2, -0.15) is 0 Å². The van der Waals surface area contributed by atoms with Crippen LogP contribution in [0.4, 0.5) is 0 Å². The van der Waals surface area contributed by atoms with Crippen LogP contribution in [0.15, 0.2) is 6.07 Å². The van der Waals surface area contributed by atoms with Crippen molar-refractivity contribution in [1.82, 2.24) is 4.98 Å². The Hall–Kier alpha value is -1.29. The van der Waals surface area contributed by atoms with Gasteiger partial charge in [0.15, 0.2) is 0 Å². The van der Waals surface area contributed by atoms with E-state index in [-0.39, 0.29) is 17.3 Å². The van der Waals surface area contributed by atoms with Gasteiger partial charge in [-0.3, -0.25) is 0 Å². The fourth-order valence-corrected chi connectivity index (χ4v) is 1.46. The van der Waals surface area contributed by atoms with Crippen molar-refractivity contribution in [3.63, 3.8) is 0 Å². The largest absolute Gasteiger partial charge is 0.496 e. The Labute approximate surface area is 93.2 Å². The third-order valence-corrected chi connectivity index (χ3v) is 2.04. The van der Waals surface area contributed by atoms with Gasteiger partial charge in [0.2, 0.25) is 0 Å². The van der Waals surface area contributed by atoms with Gasteiger partial charge >= 0.3 is 5.97 Å². The molecule has 0 unspecified atom stereocenters. The van der Waals surface area contributed by atoms with Crippen molar-refractivity contribution >= 4 is 17.6 Å². The number of nitrogens with zero attached hydrogens (tertiary/aromatic N) is 1. The SMILES string of the molecule is CCOC(=O)c1c(OC)cc(C)nc1Cl.